The van der Waals surface area contributed by atoms with Crippen LogP contribution in [0.2, 0.25) is 0 Å². The summed E-state index contributed by atoms with van der Waals surface area (Å²) in [4.78, 5) is 15.5. The molecule has 1 aromatic carbocycles. The fourth-order valence-electron chi connectivity index (χ4n) is 3.11. The molecule has 0 saturated carbocycles. The molecule has 3 N–H and O–H groups in total. The number of aryl methyl sites for hydroxylation is 1. The molecule has 8 nitrogen and oxygen atoms in total. The maximum absolute atomic E-state index is 13.2. The first-order valence-corrected chi connectivity index (χ1v) is 9.70. The summed E-state index contributed by atoms with van der Waals surface area (Å²) >= 11 is 0. The highest BCUT2D eigenvalue weighted by Gasteiger charge is 2.13. The van der Waals surface area contributed by atoms with Gasteiger partial charge in [0.2, 0.25) is 0 Å². The molecule has 30 heavy (non-hydrogen) atoms. The van der Waals surface area contributed by atoms with Gasteiger partial charge in [0, 0.05) is 13.0 Å². The number of aromatic carboxylic acids is 1. The van der Waals surface area contributed by atoms with Crippen molar-refractivity contribution in [1.82, 2.24) is 25.1 Å². The number of hydrogen-bond acceptors (Lipinski definition) is 6. The minimum atomic E-state index is -1.07. The first kappa shape index (κ1) is 21.5. The third-order valence-corrected chi connectivity index (χ3v) is 4.56. The third kappa shape index (κ3) is 5.46. The molecular formula is C21H24FN5O3. The number of carboxylic acid groups (broad SMARTS) is 1. The van der Waals surface area contributed by atoms with Crippen molar-refractivity contribution in [2.75, 3.05) is 0 Å². The number of aromatic nitrogens is 4. The van der Waals surface area contributed by atoms with Crippen LogP contribution in [-0.2, 0) is 32.7 Å². The van der Waals surface area contributed by atoms with Gasteiger partial charge in [-0.3, -0.25) is 4.98 Å². The van der Waals surface area contributed by atoms with Gasteiger partial charge in [0.25, 0.3) is 0 Å². The molecule has 2 aromatic heterocycles. The minimum absolute atomic E-state index is 0.0792. The van der Waals surface area contributed by atoms with Crippen LogP contribution in [0, 0.1) is 5.82 Å². The van der Waals surface area contributed by atoms with Gasteiger partial charge in [0.05, 0.1) is 36.6 Å². The summed E-state index contributed by atoms with van der Waals surface area (Å²) in [6, 6.07) is 9.15. The topological polar surface area (TPSA) is 113 Å². The number of nitrogens with zero attached hydrogens (tertiary/aromatic N) is 4. The summed E-state index contributed by atoms with van der Waals surface area (Å²) in [5, 5.41) is 30.3. The molecule has 0 aliphatic rings. The Kier molecular flexibility index (Phi) is 7.21. The molecular weight excluding hydrogens is 389 g/mol. The van der Waals surface area contributed by atoms with Gasteiger partial charge < -0.3 is 20.1 Å². The molecule has 2 heterocycles. The van der Waals surface area contributed by atoms with Gasteiger partial charge in [-0.15, -0.1) is 10.2 Å². The van der Waals surface area contributed by atoms with Crippen molar-refractivity contribution >= 4 is 5.97 Å². The Morgan fingerprint density at radius 3 is 2.47 bits per heavy atom. The predicted molar refractivity (Wildman–Crippen MR) is 107 cm³/mol. The van der Waals surface area contributed by atoms with Crippen LogP contribution in [0.15, 0.2) is 36.4 Å². The second kappa shape index (κ2) is 10.0. The molecule has 3 aromatic rings. The van der Waals surface area contributed by atoms with E-state index in [-0.39, 0.29) is 18.0 Å². The molecule has 0 bridgehead atoms. The summed E-state index contributed by atoms with van der Waals surface area (Å²) < 4.78 is 15.2. The van der Waals surface area contributed by atoms with Crippen molar-refractivity contribution in [2.45, 2.75) is 46.0 Å². The van der Waals surface area contributed by atoms with Gasteiger partial charge in [-0.05, 0) is 36.2 Å². The Bertz CT molecular complexity index is 1000. The van der Waals surface area contributed by atoms with E-state index in [1.807, 2.05) is 4.57 Å². The number of carbonyl (C=O) groups is 1. The van der Waals surface area contributed by atoms with Crippen molar-refractivity contribution in [2.24, 2.45) is 0 Å². The number of hydrogen-bond donors (Lipinski definition) is 3. The first-order chi connectivity index (χ1) is 14.5. The Morgan fingerprint density at radius 1 is 1.10 bits per heavy atom. The number of carboxylic acids is 1. The fraction of sp³-hybridized carbons (Fsp3) is 0.333. The van der Waals surface area contributed by atoms with Crippen LogP contribution in [0.1, 0.15) is 52.3 Å². The Balaban J connectivity index is 1.73. The SMILES string of the molecule is CCCc1nnc(CNCc2cc(C(=O)O)cc(CO)n2)n1Cc1ccc(F)cc1. The summed E-state index contributed by atoms with van der Waals surface area (Å²) in [6.07, 6.45) is 1.70. The molecule has 0 fully saturated rings. The van der Waals surface area contributed by atoms with Gasteiger partial charge >= 0.3 is 5.97 Å². The highest BCUT2D eigenvalue weighted by Crippen LogP contribution is 2.12. The number of rotatable bonds is 10. The molecule has 158 valence electrons. The molecule has 0 aliphatic carbocycles. The number of pyridine rings is 1. The van der Waals surface area contributed by atoms with E-state index < -0.39 is 5.97 Å². The minimum Gasteiger partial charge on any atom is -0.478 e. The first-order valence-electron chi connectivity index (χ1n) is 9.70. The van der Waals surface area contributed by atoms with Gasteiger partial charge in [0.1, 0.15) is 17.5 Å². The number of aliphatic hydroxyl groups is 1. The van der Waals surface area contributed by atoms with Crippen LogP contribution < -0.4 is 5.32 Å². The van der Waals surface area contributed by atoms with Crippen LogP contribution in [0.4, 0.5) is 4.39 Å². The van der Waals surface area contributed by atoms with E-state index in [1.54, 1.807) is 12.1 Å². The van der Waals surface area contributed by atoms with Gasteiger partial charge in [-0.2, -0.15) is 0 Å². The number of aliphatic hydroxyl groups excluding tert-OH is 1. The molecule has 9 heteroatoms. The molecule has 0 atom stereocenters. The lowest BCUT2D eigenvalue weighted by molar-refractivity contribution is 0.0696. The molecule has 0 radical (unpaired) electrons. The number of nitrogens with one attached hydrogen (secondary N) is 1. The largest absolute Gasteiger partial charge is 0.478 e. The van der Waals surface area contributed by atoms with Crippen molar-refractivity contribution in [3.63, 3.8) is 0 Å². The van der Waals surface area contributed by atoms with Gasteiger partial charge in [-0.1, -0.05) is 19.1 Å². The second-order valence-electron chi connectivity index (χ2n) is 6.90. The van der Waals surface area contributed by atoms with E-state index in [0.717, 1.165) is 30.1 Å². The van der Waals surface area contributed by atoms with E-state index >= 15 is 0 Å². The Morgan fingerprint density at radius 2 is 1.80 bits per heavy atom. The van der Waals surface area contributed by atoms with Crippen molar-refractivity contribution < 1.29 is 19.4 Å². The quantitative estimate of drug-likeness (QED) is 0.467. The maximum atomic E-state index is 13.2. The number of benzene rings is 1. The van der Waals surface area contributed by atoms with Crippen LogP contribution in [-0.4, -0.2) is 35.9 Å². The van der Waals surface area contributed by atoms with Gasteiger partial charge in [0.15, 0.2) is 0 Å². The zero-order valence-electron chi connectivity index (χ0n) is 16.7. The normalized spacial score (nSPS) is 11.0. The van der Waals surface area contributed by atoms with E-state index in [1.165, 1.54) is 24.3 Å². The monoisotopic (exact) mass is 413 g/mol. The van der Waals surface area contributed by atoms with Crippen molar-refractivity contribution in [3.05, 3.63) is 76.4 Å². The highest BCUT2D eigenvalue weighted by molar-refractivity contribution is 5.87. The zero-order valence-corrected chi connectivity index (χ0v) is 16.7. The third-order valence-electron chi connectivity index (χ3n) is 4.56. The highest BCUT2D eigenvalue weighted by atomic mass is 19.1. The van der Waals surface area contributed by atoms with E-state index in [2.05, 4.69) is 27.4 Å². The van der Waals surface area contributed by atoms with Gasteiger partial charge in [-0.25, -0.2) is 9.18 Å². The summed E-state index contributed by atoms with van der Waals surface area (Å²) in [5.74, 6) is 0.222. The molecule has 0 saturated heterocycles. The molecule has 0 aliphatic heterocycles. The average molecular weight is 413 g/mol. The summed E-state index contributed by atoms with van der Waals surface area (Å²) in [5.41, 5.74) is 1.84. The molecule has 0 spiro atoms. The molecule has 0 amide bonds. The smallest absolute Gasteiger partial charge is 0.335 e. The van der Waals surface area contributed by atoms with E-state index in [4.69, 9.17) is 0 Å². The second-order valence-corrected chi connectivity index (χ2v) is 6.90. The van der Waals surface area contributed by atoms with E-state index in [0.29, 0.717) is 31.0 Å². The molecule has 0 unspecified atom stereocenters. The van der Waals surface area contributed by atoms with E-state index in [9.17, 15) is 19.4 Å². The van der Waals surface area contributed by atoms with Crippen molar-refractivity contribution in [3.8, 4) is 0 Å². The lowest BCUT2D eigenvalue weighted by Crippen LogP contribution is -2.19. The average Bonchev–Trinajstić information content (AvgIpc) is 3.11. The number of halogens is 1. The fourth-order valence-corrected chi connectivity index (χ4v) is 3.11. The van der Waals surface area contributed by atoms with Crippen LogP contribution in [0.5, 0.6) is 0 Å². The maximum Gasteiger partial charge on any atom is 0.335 e. The van der Waals surface area contributed by atoms with Crippen LogP contribution in [0.3, 0.4) is 0 Å². The predicted octanol–water partition coefficient (Wildman–Crippen LogP) is 2.29. The lowest BCUT2D eigenvalue weighted by atomic mass is 10.2. The van der Waals surface area contributed by atoms with Crippen LogP contribution >= 0.6 is 0 Å². The van der Waals surface area contributed by atoms with Crippen molar-refractivity contribution in [1.29, 1.82) is 0 Å². The Labute approximate surface area is 173 Å². The van der Waals surface area contributed by atoms with Crippen LogP contribution in [0.25, 0.3) is 0 Å². The standard InChI is InChI=1S/C21H24FN5O3/c1-2-3-19-25-26-20(27(19)12-14-4-6-16(22)7-5-14)11-23-10-17-8-15(21(29)30)9-18(13-28)24-17/h4-9,23,28H,2-3,10-13H2,1H3,(H,29,30). The molecule has 3 rings (SSSR count). The Hall–Kier alpha value is -3.17. The lowest BCUT2D eigenvalue weighted by Gasteiger charge is -2.11. The summed E-state index contributed by atoms with van der Waals surface area (Å²) in [6.45, 7) is 2.96. The summed E-state index contributed by atoms with van der Waals surface area (Å²) in [7, 11) is 0. The zero-order chi connectivity index (χ0) is 21.5.